The summed E-state index contributed by atoms with van der Waals surface area (Å²) < 4.78 is 2.81. The number of imidazole rings is 3. The number of nitrogens with one attached hydrogen (secondary N) is 8. The number of quaternary nitrogens is 4. The lowest BCUT2D eigenvalue weighted by molar-refractivity contribution is -0.889. The van der Waals surface area contributed by atoms with Crippen molar-refractivity contribution in [2.75, 3.05) is 91.1 Å². The van der Waals surface area contributed by atoms with Gasteiger partial charge in [-0.1, -0.05) is 0 Å². The zero-order valence-electron chi connectivity index (χ0n) is 36.3. The number of carbonyl (C=O) groups is 4. The molecule has 0 spiro atoms. The highest BCUT2D eigenvalue weighted by Crippen LogP contribution is 2.13. The Bertz CT molecular complexity index is 1870. The van der Waals surface area contributed by atoms with Crippen LogP contribution in [0.2, 0.25) is 0 Å². The first-order valence-electron chi connectivity index (χ1n) is 18.6. The van der Waals surface area contributed by atoms with Crippen molar-refractivity contribution in [1.29, 1.82) is 0 Å². The average Bonchev–Trinajstić information content (AvgIpc) is 3.88. The maximum atomic E-state index is 11.0. The fourth-order valence-electron chi connectivity index (χ4n) is 5.73. The monoisotopic (exact) mass is 918 g/mol. The second kappa shape index (κ2) is 22.5. The largest absolute Gasteiger partial charge is 0.544 e. The highest BCUT2D eigenvalue weighted by Gasteiger charge is 2.31. The molecule has 1 fully saturated rings. The number of carboxylic acid groups (broad SMARTS) is 4. The molecule has 0 bridgehead atoms. The van der Waals surface area contributed by atoms with E-state index >= 15 is 0 Å². The van der Waals surface area contributed by atoms with Gasteiger partial charge < -0.3 is 98.1 Å². The Kier molecular flexibility index (Phi) is 20.2. The molecular formula is C36H62N12O8S4. The van der Waals surface area contributed by atoms with Crippen LogP contribution < -0.4 is 31.1 Å². The van der Waals surface area contributed by atoms with E-state index in [0.29, 0.717) is 69.6 Å². The Morgan fingerprint density at radius 2 is 0.800 bits per heavy atom. The smallest absolute Gasteiger partial charge is 0.174 e. The Morgan fingerprint density at radius 3 is 0.967 bits per heavy atom. The molecule has 0 radical (unpaired) electrons. The van der Waals surface area contributed by atoms with Gasteiger partial charge >= 0.3 is 0 Å². The molecule has 1 aliphatic heterocycles. The summed E-state index contributed by atoms with van der Waals surface area (Å²) in [7, 11) is 21.9. The minimum Gasteiger partial charge on any atom is -0.544 e. The first-order chi connectivity index (χ1) is 27.2. The molecule has 0 amide bonds. The fourth-order valence-corrected chi connectivity index (χ4v) is 6.55. The number of aromatic nitrogens is 6. The molecule has 8 N–H and O–H groups in total. The Morgan fingerprint density at radius 1 is 0.533 bits per heavy atom. The van der Waals surface area contributed by atoms with Gasteiger partial charge in [0.05, 0.1) is 114 Å². The maximum absolute atomic E-state index is 11.0. The number of carbonyl (C=O) groups excluding carboxylic acids is 4. The molecule has 338 valence electrons. The van der Waals surface area contributed by atoms with Crippen molar-refractivity contribution in [3.63, 3.8) is 0 Å². The zero-order chi connectivity index (χ0) is 46.6. The van der Waals surface area contributed by atoms with Crippen LogP contribution in [0, 0.1) is 14.3 Å². The number of hydrogen-bond acceptors (Lipinski definition) is 12. The predicted octanol–water partition coefficient (Wildman–Crippen LogP) is -3.63. The van der Waals surface area contributed by atoms with E-state index in [1.165, 1.54) is 0 Å². The van der Waals surface area contributed by atoms with E-state index in [1.807, 2.05) is 84.6 Å². The third-order valence-electron chi connectivity index (χ3n) is 9.37. The lowest BCUT2D eigenvalue weighted by Gasteiger charge is -2.35. The van der Waals surface area contributed by atoms with Crippen molar-refractivity contribution in [3.05, 3.63) is 50.0 Å². The van der Waals surface area contributed by atoms with Gasteiger partial charge in [0.2, 0.25) is 0 Å². The zero-order valence-corrected chi connectivity index (χ0v) is 39.6. The summed E-state index contributed by atoms with van der Waals surface area (Å²) in [5, 5.41) is 50.5. The third-order valence-corrected chi connectivity index (χ3v) is 10.3. The summed E-state index contributed by atoms with van der Waals surface area (Å²) in [6.07, 6.45) is 6.70. The van der Waals surface area contributed by atoms with Gasteiger partial charge in [0.15, 0.2) is 19.4 Å². The molecular weight excluding hydrogens is 857 g/mol. The number of hydrogen-bond donors (Lipinski definition) is 8. The number of aromatic amines is 6. The van der Waals surface area contributed by atoms with E-state index in [1.54, 1.807) is 18.6 Å². The molecule has 0 aromatic carbocycles. The normalized spacial score (nSPS) is 16.1. The molecule has 24 heteroatoms. The molecule has 5 atom stereocenters. The van der Waals surface area contributed by atoms with Crippen molar-refractivity contribution < 1.29 is 57.5 Å². The number of carboxylic acids is 4. The van der Waals surface area contributed by atoms with E-state index in [9.17, 15) is 39.6 Å². The van der Waals surface area contributed by atoms with Gasteiger partial charge in [0, 0.05) is 67.9 Å². The summed E-state index contributed by atoms with van der Waals surface area (Å²) in [5.41, 5.74) is 2.34. The topological polar surface area (TPSA) is 279 Å². The third kappa shape index (κ3) is 19.4. The highest BCUT2D eigenvalue weighted by molar-refractivity contribution is 7.80. The Hall–Kier alpha value is -4.30. The quantitative estimate of drug-likeness (QED) is 0.0509. The molecule has 1 saturated heterocycles. The summed E-state index contributed by atoms with van der Waals surface area (Å²) in [6.45, 7) is 0.683. The van der Waals surface area contributed by atoms with Crippen molar-refractivity contribution in [1.82, 2.24) is 40.5 Å². The molecule has 20 nitrogen and oxygen atoms in total. The summed E-state index contributed by atoms with van der Waals surface area (Å²) in [6, 6.07) is -2.22. The average molecular weight is 919 g/mol. The second-order valence-electron chi connectivity index (χ2n) is 18.0. The molecule has 0 saturated carbocycles. The van der Waals surface area contributed by atoms with Crippen molar-refractivity contribution in [2.45, 2.75) is 55.9 Å². The number of likely N-dealkylation sites (N-methyl/N-ethyl adjacent to an activating group) is 4. The van der Waals surface area contributed by atoms with Gasteiger partial charge in [-0.3, -0.25) is 0 Å². The van der Waals surface area contributed by atoms with Crippen LogP contribution in [-0.4, -0.2) is 198 Å². The van der Waals surface area contributed by atoms with Gasteiger partial charge in [-0.25, -0.2) is 0 Å². The standard InChI is InChI=1S/C9H17N3O2S.3C9H15N3O2S/c4*1-12(2,3)7(8(13)14)4-6-5-10-9(15)11-6/h6-7H,4-5H2,1-3H3,(H2-,10,11,13,14,15);3*5,7H,4H2,1-3H3,(H2-,10,11,13,14,15). The van der Waals surface area contributed by atoms with Gasteiger partial charge in [0.1, 0.15) is 24.2 Å². The molecule has 3 aromatic heterocycles. The van der Waals surface area contributed by atoms with E-state index in [0.717, 1.165) is 17.1 Å². The van der Waals surface area contributed by atoms with Crippen LogP contribution in [0.5, 0.6) is 0 Å². The first kappa shape index (κ1) is 53.7. The maximum Gasteiger partial charge on any atom is 0.174 e. The van der Waals surface area contributed by atoms with Crippen LogP contribution >= 0.6 is 48.9 Å². The number of aliphatic carboxylic acids is 4. The van der Waals surface area contributed by atoms with Gasteiger partial charge in [0.25, 0.3) is 0 Å². The molecule has 3 aromatic rings. The predicted molar refractivity (Wildman–Crippen MR) is 228 cm³/mol. The summed E-state index contributed by atoms with van der Waals surface area (Å²) in [4.78, 5) is 61.0. The molecule has 0 aliphatic carbocycles. The fraction of sp³-hybridized carbons (Fsp3) is 0.611. The van der Waals surface area contributed by atoms with Crippen LogP contribution in [0.4, 0.5) is 0 Å². The SMILES string of the molecule is C[N+](C)(C)C(CC1CNC(=S)N1)C(=O)[O-].C[N+](C)(C)C(Cc1c[nH]c(=S)[nH]1)C(=O)[O-].C[N+](C)(C)C(Cc1c[nH]c(=S)[nH]1)C(=O)[O-].C[N+](C)(C)C(Cc1c[nH]c(=S)[nH]1)C(=O)[O-]. The Balaban J connectivity index is 0.000000400. The lowest BCUT2D eigenvalue weighted by atomic mass is 10.1. The van der Waals surface area contributed by atoms with Crippen molar-refractivity contribution in [3.8, 4) is 0 Å². The van der Waals surface area contributed by atoms with E-state index < -0.39 is 48.0 Å². The summed E-state index contributed by atoms with van der Waals surface area (Å²) in [5.74, 6) is -4.17. The van der Waals surface area contributed by atoms with Gasteiger partial charge in [-0.2, -0.15) is 0 Å². The highest BCUT2D eigenvalue weighted by atomic mass is 32.1. The van der Waals surface area contributed by atoms with Crippen LogP contribution in [0.3, 0.4) is 0 Å². The van der Waals surface area contributed by atoms with Crippen LogP contribution in [0.15, 0.2) is 18.6 Å². The van der Waals surface area contributed by atoms with Crippen molar-refractivity contribution in [2.24, 2.45) is 0 Å². The van der Waals surface area contributed by atoms with E-state index in [-0.39, 0.29) is 6.04 Å². The number of nitrogens with zero attached hydrogens (tertiary/aromatic N) is 4. The minimum atomic E-state index is -1.05. The van der Waals surface area contributed by atoms with E-state index in [4.69, 9.17) is 48.9 Å². The Labute approximate surface area is 371 Å². The van der Waals surface area contributed by atoms with Crippen LogP contribution in [0.1, 0.15) is 23.5 Å². The van der Waals surface area contributed by atoms with Crippen LogP contribution in [0.25, 0.3) is 0 Å². The first-order valence-corrected chi connectivity index (χ1v) is 20.3. The number of H-pyrrole nitrogens is 6. The molecule has 4 heterocycles. The molecule has 1 aliphatic rings. The number of rotatable bonds is 16. The summed E-state index contributed by atoms with van der Waals surface area (Å²) >= 11 is 19.5. The van der Waals surface area contributed by atoms with Crippen molar-refractivity contribution >= 4 is 77.9 Å². The lowest BCUT2D eigenvalue weighted by Crippen LogP contribution is -2.56. The molecule has 4 rings (SSSR count). The molecule has 60 heavy (non-hydrogen) atoms. The van der Waals surface area contributed by atoms with Gasteiger partial charge in [-0.05, 0) is 48.9 Å². The van der Waals surface area contributed by atoms with E-state index in [2.05, 4.69) is 40.5 Å². The second-order valence-corrected chi connectivity index (χ2v) is 19.6. The molecule has 5 unspecified atom stereocenters. The van der Waals surface area contributed by atoms with Crippen LogP contribution in [-0.2, 0) is 38.4 Å². The number of thiocarbonyl (C=S) groups is 1. The van der Waals surface area contributed by atoms with Gasteiger partial charge in [-0.15, -0.1) is 0 Å². The minimum absolute atomic E-state index is 0.0812.